The molecule has 3 aromatic rings. The molecule has 2 aromatic carbocycles. The van der Waals surface area contributed by atoms with Crippen LogP contribution in [0.25, 0.3) is 0 Å². The minimum absolute atomic E-state index is 0.0551. The topological polar surface area (TPSA) is 56.2 Å². The van der Waals surface area contributed by atoms with Crippen molar-refractivity contribution >= 4 is 5.91 Å². The minimum Gasteiger partial charge on any atom is -0.487 e. The molecule has 1 atom stereocenters. The highest BCUT2D eigenvalue weighted by Gasteiger charge is 2.38. The van der Waals surface area contributed by atoms with Crippen molar-refractivity contribution in [1.29, 1.82) is 0 Å². The van der Waals surface area contributed by atoms with E-state index in [-0.39, 0.29) is 17.6 Å². The molecule has 0 saturated carbocycles. The van der Waals surface area contributed by atoms with Crippen molar-refractivity contribution in [2.45, 2.75) is 65.1 Å². The van der Waals surface area contributed by atoms with E-state index in [1.54, 1.807) is 0 Å². The summed E-state index contributed by atoms with van der Waals surface area (Å²) in [4.78, 5) is 13.1. The Bertz CT molecular complexity index is 1060. The Hall–Kier alpha value is -3.08. The van der Waals surface area contributed by atoms with E-state index in [0.717, 1.165) is 47.5 Å². The van der Waals surface area contributed by atoms with Crippen molar-refractivity contribution in [2.75, 3.05) is 0 Å². The molecular weight excluding hydrogens is 386 g/mol. The van der Waals surface area contributed by atoms with Crippen molar-refractivity contribution in [3.8, 4) is 5.75 Å². The number of aryl methyl sites for hydroxylation is 2. The van der Waals surface area contributed by atoms with Crippen LogP contribution in [0.4, 0.5) is 0 Å². The Morgan fingerprint density at radius 2 is 1.84 bits per heavy atom. The van der Waals surface area contributed by atoms with Crippen LogP contribution in [-0.2, 0) is 6.54 Å². The molecule has 0 unspecified atom stereocenters. The van der Waals surface area contributed by atoms with Crippen LogP contribution in [0.2, 0.25) is 0 Å². The monoisotopic (exact) mass is 417 g/mol. The number of carbonyl (C=O) groups excluding carboxylic acids is 1. The summed E-state index contributed by atoms with van der Waals surface area (Å²) >= 11 is 0. The van der Waals surface area contributed by atoms with Gasteiger partial charge in [-0.25, -0.2) is 0 Å². The van der Waals surface area contributed by atoms with Gasteiger partial charge in [0.1, 0.15) is 11.4 Å². The number of nitrogens with zero attached hydrogens (tertiary/aromatic N) is 2. The number of hydrogen-bond donors (Lipinski definition) is 1. The molecule has 0 radical (unpaired) electrons. The number of aromatic nitrogens is 2. The molecule has 1 aliphatic rings. The molecule has 0 aliphatic carbocycles. The molecule has 31 heavy (non-hydrogen) atoms. The largest absolute Gasteiger partial charge is 0.487 e. The zero-order valence-electron chi connectivity index (χ0n) is 18.8. The number of ether oxygens (including phenoxy) is 1. The summed E-state index contributed by atoms with van der Waals surface area (Å²) < 4.78 is 8.34. The van der Waals surface area contributed by atoms with Gasteiger partial charge in [0.15, 0.2) is 0 Å². The second kappa shape index (κ2) is 8.58. The van der Waals surface area contributed by atoms with Gasteiger partial charge in [0, 0.05) is 23.2 Å². The molecule has 0 spiro atoms. The fraction of sp³-hybridized carbons (Fsp3) is 0.385. The number of carbonyl (C=O) groups is 1. The van der Waals surface area contributed by atoms with Crippen molar-refractivity contribution in [1.82, 2.24) is 15.1 Å². The Morgan fingerprint density at radius 1 is 1.13 bits per heavy atom. The molecule has 0 fully saturated rings. The summed E-state index contributed by atoms with van der Waals surface area (Å²) in [5.41, 5.74) is 4.74. The van der Waals surface area contributed by atoms with E-state index >= 15 is 0 Å². The first-order valence-corrected chi connectivity index (χ1v) is 11.1. The number of rotatable bonds is 6. The molecule has 5 nitrogen and oxygen atoms in total. The summed E-state index contributed by atoms with van der Waals surface area (Å²) in [5.74, 6) is 0.823. The fourth-order valence-electron chi connectivity index (χ4n) is 4.44. The van der Waals surface area contributed by atoms with Gasteiger partial charge in [0.05, 0.1) is 18.3 Å². The lowest BCUT2D eigenvalue weighted by atomic mass is 9.83. The van der Waals surface area contributed by atoms with E-state index in [2.05, 4.69) is 37.3 Å². The zero-order chi connectivity index (χ0) is 22.0. The lowest BCUT2D eigenvalue weighted by Gasteiger charge is -2.41. The Balaban J connectivity index is 1.50. The van der Waals surface area contributed by atoms with Crippen molar-refractivity contribution < 1.29 is 9.53 Å². The highest BCUT2D eigenvalue weighted by Crippen LogP contribution is 2.42. The first kappa shape index (κ1) is 21.2. The number of fused-ring (bicyclic) bond motifs is 1. The van der Waals surface area contributed by atoms with Gasteiger partial charge in [-0.05, 0) is 56.5 Å². The summed E-state index contributed by atoms with van der Waals surface area (Å²) in [6.45, 7) is 9.05. The summed E-state index contributed by atoms with van der Waals surface area (Å²) in [6, 6.07) is 17.8. The fourth-order valence-corrected chi connectivity index (χ4v) is 4.44. The zero-order valence-corrected chi connectivity index (χ0v) is 18.8. The molecule has 2 heterocycles. The predicted molar refractivity (Wildman–Crippen MR) is 122 cm³/mol. The number of nitrogens with one attached hydrogen (secondary N) is 1. The van der Waals surface area contributed by atoms with Gasteiger partial charge in [-0.1, -0.05) is 44.2 Å². The maximum atomic E-state index is 13.1. The van der Waals surface area contributed by atoms with Crippen LogP contribution >= 0.6 is 0 Å². The van der Waals surface area contributed by atoms with E-state index in [1.165, 1.54) is 0 Å². The molecule has 1 amide bonds. The van der Waals surface area contributed by atoms with Gasteiger partial charge < -0.3 is 10.1 Å². The summed E-state index contributed by atoms with van der Waals surface area (Å²) in [7, 11) is 0. The second-order valence-electron chi connectivity index (χ2n) is 8.54. The molecule has 0 bridgehead atoms. The van der Waals surface area contributed by atoms with Crippen LogP contribution < -0.4 is 10.1 Å². The first-order valence-electron chi connectivity index (χ1n) is 11.1. The molecule has 1 aromatic heterocycles. The smallest absolute Gasteiger partial charge is 0.251 e. The van der Waals surface area contributed by atoms with Gasteiger partial charge in [0.2, 0.25) is 0 Å². The number of benzene rings is 2. The molecule has 4 rings (SSSR count). The van der Waals surface area contributed by atoms with Gasteiger partial charge in [-0.15, -0.1) is 0 Å². The Morgan fingerprint density at radius 3 is 2.48 bits per heavy atom. The highest BCUT2D eigenvalue weighted by molar-refractivity contribution is 5.94. The van der Waals surface area contributed by atoms with Gasteiger partial charge in [-0.2, -0.15) is 5.10 Å². The SMILES string of the molecule is CCC1(CC)C[C@@H](NC(=O)c2ccc(Cn3nc(C)cc3C)cc2)c2ccccc2O1. The Kier molecular flexibility index (Phi) is 5.86. The van der Waals surface area contributed by atoms with Crippen molar-refractivity contribution in [3.63, 3.8) is 0 Å². The first-order chi connectivity index (χ1) is 14.9. The average Bonchev–Trinajstić information content (AvgIpc) is 3.10. The van der Waals surface area contributed by atoms with Crippen LogP contribution in [0, 0.1) is 13.8 Å². The third kappa shape index (κ3) is 4.36. The molecule has 1 aliphatic heterocycles. The molecule has 162 valence electrons. The normalized spacial score (nSPS) is 17.0. The third-order valence-electron chi connectivity index (χ3n) is 6.44. The summed E-state index contributed by atoms with van der Waals surface area (Å²) in [6.07, 6.45) is 2.59. The van der Waals surface area contributed by atoms with E-state index < -0.39 is 0 Å². The second-order valence-corrected chi connectivity index (χ2v) is 8.54. The van der Waals surface area contributed by atoms with E-state index in [9.17, 15) is 4.79 Å². The quantitative estimate of drug-likeness (QED) is 0.587. The van der Waals surface area contributed by atoms with Gasteiger partial charge in [-0.3, -0.25) is 9.48 Å². The molecule has 5 heteroatoms. The van der Waals surface area contributed by atoms with Crippen LogP contribution in [-0.4, -0.2) is 21.3 Å². The molecular formula is C26H31N3O2. The Labute approximate surface area is 184 Å². The van der Waals surface area contributed by atoms with E-state index in [0.29, 0.717) is 12.1 Å². The standard InChI is InChI=1S/C26H31N3O2/c1-5-26(6-2)16-23(22-9-7-8-10-24(22)31-26)27-25(30)21-13-11-20(12-14-21)17-29-19(4)15-18(3)28-29/h7-15,23H,5-6,16-17H2,1-4H3,(H,27,30)/t23-/m1/s1. The predicted octanol–water partition coefficient (Wildman–Crippen LogP) is 5.36. The lowest BCUT2D eigenvalue weighted by Crippen LogP contribution is -2.44. The average molecular weight is 418 g/mol. The van der Waals surface area contributed by atoms with Gasteiger partial charge in [0.25, 0.3) is 5.91 Å². The van der Waals surface area contributed by atoms with Crippen LogP contribution in [0.5, 0.6) is 5.75 Å². The van der Waals surface area contributed by atoms with Crippen molar-refractivity contribution in [3.05, 3.63) is 82.7 Å². The van der Waals surface area contributed by atoms with E-state index in [1.807, 2.05) is 60.1 Å². The molecule has 1 N–H and O–H groups in total. The molecule has 0 saturated heterocycles. The lowest BCUT2D eigenvalue weighted by molar-refractivity contribution is 0.0227. The summed E-state index contributed by atoms with van der Waals surface area (Å²) in [5, 5.41) is 7.78. The van der Waals surface area contributed by atoms with E-state index in [4.69, 9.17) is 4.74 Å². The number of para-hydroxylation sites is 1. The number of amides is 1. The third-order valence-corrected chi connectivity index (χ3v) is 6.44. The minimum atomic E-state index is -0.240. The highest BCUT2D eigenvalue weighted by atomic mass is 16.5. The number of hydrogen-bond acceptors (Lipinski definition) is 3. The van der Waals surface area contributed by atoms with Crippen LogP contribution in [0.15, 0.2) is 54.6 Å². The maximum Gasteiger partial charge on any atom is 0.251 e. The maximum absolute atomic E-state index is 13.1. The van der Waals surface area contributed by atoms with Crippen LogP contribution in [0.3, 0.4) is 0 Å². The van der Waals surface area contributed by atoms with Crippen LogP contribution in [0.1, 0.15) is 72.0 Å². The van der Waals surface area contributed by atoms with Crippen molar-refractivity contribution in [2.24, 2.45) is 0 Å². The van der Waals surface area contributed by atoms with Gasteiger partial charge >= 0.3 is 0 Å².